The first-order valence-corrected chi connectivity index (χ1v) is 11.7. The first-order chi connectivity index (χ1) is 15.1. The third kappa shape index (κ3) is 4.91. The number of guanidine groups is 1. The van der Waals surface area contributed by atoms with E-state index in [1.54, 1.807) is 7.05 Å². The number of hydrogen-bond donors (Lipinski definition) is 2. The van der Waals surface area contributed by atoms with Gasteiger partial charge in [0.05, 0.1) is 0 Å². The minimum atomic E-state index is 0.0900. The van der Waals surface area contributed by atoms with E-state index in [1.807, 2.05) is 7.05 Å². The molecule has 31 heavy (non-hydrogen) atoms. The zero-order chi connectivity index (χ0) is 21.7. The molecule has 2 fully saturated rings. The van der Waals surface area contributed by atoms with E-state index in [0.29, 0.717) is 19.1 Å². The van der Waals surface area contributed by atoms with Crippen LogP contribution in [-0.4, -0.2) is 57.3 Å². The summed E-state index contributed by atoms with van der Waals surface area (Å²) in [7, 11) is 3.58. The molecule has 4 rings (SSSR count). The molecule has 2 heterocycles. The molecule has 0 aromatic heterocycles. The molecule has 1 amide bonds. The number of nitrogens with one attached hydrogen (secondary N) is 2. The normalized spacial score (nSPS) is 21.1. The van der Waals surface area contributed by atoms with Crippen molar-refractivity contribution in [3.8, 4) is 11.5 Å². The molecule has 1 aliphatic carbocycles. The summed E-state index contributed by atoms with van der Waals surface area (Å²) in [6, 6.07) is 6.45. The van der Waals surface area contributed by atoms with Gasteiger partial charge >= 0.3 is 0 Å². The minimum Gasteiger partial charge on any atom is -0.454 e. The fourth-order valence-electron chi connectivity index (χ4n) is 5.32. The van der Waals surface area contributed by atoms with Crippen molar-refractivity contribution in [1.29, 1.82) is 0 Å². The Kier molecular flexibility index (Phi) is 6.88. The summed E-state index contributed by atoms with van der Waals surface area (Å²) < 4.78 is 11.2. The molecule has 1 saturated carbocycles. The number of fused-ring (bicyclic) bond motifs is 1. The van der Waals surface area contributed by atoms with Crippen LogP contribution in [0.4, 0.5) is 0 Å². The highest BCUT2D eigenvalue weighted by Crippen LogP contribution is 2.43. The van der Waals surface area contributed by atoms with Crippen molar-refractivity contribution in [2.24, 2.45) is 10.9 Å². The summed E-state index contributed by atoms with van der Waals surface area (Å²) in [5, 5.41) is 6.45. The standard InChI is InChI=1S/C24H36N4O3/c1-25-22(29)14-18-8-12-28(13-9-18)23(26-2)27-16-24(10-4-3-5-11-24)19-6-7-20-21(15-19)31-17-30-20/h6-7,15,18H,3-5,8-14,16-17H2,1-2H3,(H,25,29)(H,26,27). The number of amides is 1. The molecular weight excluding hydrogens is 392 g/mol. The van der Waals surface area contributed by atoms with E-state index in [1.165, 1.54) is 37.7 Å². The zero-order valence-electron chi connectivity index (χ0n) is 18.9. The van der Waals surface area contributed by atoms with Gasteiger partial charge in [0, 0.05) is 45.6 Å². The van der Waals surface area contributed by atoms with E-state index in [-0.39, 0.29) is 11.3 Å². The Labute approximate surface area is 185 Å². The topological polar surface area (TPSA) is 75.2 Å². The molecule has 3 aliphatic rings. The lowest BCUT2D eigenvalue weighted by atomic mass is 9.69. The Morgan fingerprint density at radius 1 is 1.16 bits per heavy atom. The molecule has 1 saturated heterocycles. The van der Waals surface area contributed by atoms with Gasteiger partial charge in [0.2, 0.25) is 12.7 Å². The average Bonchev–Trinajstić information content (AvgIpc) is 3.29. The summed E-state index contributed by atoms with van der Waals surface area (Å²) in [5.74, 6) is 3.30. The van der Waals surface area contributed by atoms with E-state index >= 15 is 0 Å². The first-order valence-electron chi connectivity index (χ1n) is 11.7. The van der Waals surface area contributed by atoms with Gasteiger partial charge in [-0.2, -0.15) is 0 Å². The molecule has 7 heteroatoms. The number of likely N-dealkylation sites (tertiary alicyclic amines) is 1. The van der Waals surface area contributed by atoms with Gasteiger partial charge in [-0.1, -0.05) is 25.3 Å². The Morgan fingerprint density at radius 2 is 1.90 bits per heavy atom. The molecule has 0 atom stereocenters. The van der Waals surface area contributed by atoms with Crippen molar-refractivity contribution < 1.29 is 14.3 Å². The predicted octanol–water partition coefficient (Wildman–Crippen LogP) is 3.04. The second-order valence-electron chi connectivity index (χ2n) is 9.12. The molecule has 1 aromatic rings. The molecule has 0 unspecified atom stereocenters. The number of rotatable bonds is 5. The van der Waals surface area contributed by atoms with Crippen LogP contribution in [0.3, 0.4) is 0 Å². The average molecular weight is 429 g/mol. The van der Waals surface area contributed by atoms with Crippen LogP contribution < -0.4 is 20.1 Å². The van der Waals surface area contributed by atoms with Crippen molar-refractivity contribution in [3.63, 3.8) is 0 Å². The number of carbonyl (C=O) groups is 1. The van der Waals surface area contributed by atoms with E-state index < -0.39 is 0 Å². The molecule has 2 N–H and O–H groups in total. The summed E-state index contributed by atoms with van der Waals surface area (Å²) in [5.41, 5.74) is 1.43. The van der Waals surface area contributed by atoms with Gasteiger partial charge in [0.15, 0.2) is 17.5 Å². The quantitative estimate of drug-likeness (QED) is 0.557. The van der Waals surface area contributed by atoms with Gasteiger partial charge in [-0.05, 0) is 49.3 Å². The molecule has 0 radical (unpaired) electrons. The predicted molar refractivity (Wildman–Crippen MR) is 122 cm³/mol. The Morgan fingerprint density at radius 3 is 2.61 bits per heavy atom. The molecule has 2 aliphatic heterocycles. The summed E-state index contributed by atoms with van der Waals surface area (Å²) in [6.45, 7) is 3.07. The van der Waals surface area contributed by atoms with E-state index in [9.17, 15) is 4.79 Å². The Hall–Kier alpha value is -2.44. The number of aliphatic imine (C=N–C) groups is 1. The fraction of sp³-hybridized carbons (Fsp3) is 0.667. The lowest BCUT2D eigenvalue weighted by Crippen LogP contribution is -2.50. The second-order valence-corrected chi connectivity index (χ2v) is 9.12. The zero-order valence-corrected chi connectivity index (χ0v) is 18.9. The van der Waals surface area contributed by atoms with Crippen molar-refractivity contribution >= 4 is 11.9 Å². The number of nitrogens with zero attached hydrogens (tertiary/aromatic N) is 2. The van der Waals surface area contributed by atoms with Crippen LogP contribution in [0.1, 0.15) is 56.9 Å². The Balaban J connectivity index is 1.40. The van der Waals surface area contributed by atoms with Crippen molar-refractivity contribution in [2.75, 3.05) is 40.5 Å². The highest BCUT2D eigenvalue weighted by molar-refractivity contribution is 5.80. The van der Waals surface area contributed by atoms with Crippen LogP contribution >= 0.6 is 0 Å². The molecule has 0 bridgehead atoms. The van der Waals surface area contributed by atoms with Gasteiger partial charge in [0.1, 0.15) is 0 Å². The van der Waals surface area contributed by atoms with Crippen molar-refractivity contribution in [1.82, 2.24) is 15.5 Å². The second kappa shape index (κ2) is 9.79. The summed E-state index contributed by atoms with van der Waals surface area (Å²) in [6.07, 6.45) is 8.83. The van der Waals surface area contributed by atoms with Gasteiger partial charge in [-0.25, -0.2) is 0 Å². The van der Waals surface area contributed by atoms with Crippen LogP contribution in [0, 0.1) is 5.92 Å². The third-order valence-corrected chi connectivity index (χ3v) is 7.26. The van der Waals surface area contributed by atoms with Crippen molar-refractivity contribution in [3.05, 3.63) is 23.8 Å². The van der Waals surface area contributed by atoms with Crippen LogP contribution in [0.2, 0.25) is 0 Å². The highest BCUT2D eigenvalue weighted by atomic mass is 16.7. The fourth-order valence-corrected chi connectivity index (χ4v) is 5.32. The van der Waals surface area contributed by atoms with Gasteiger partial charge < -0.3 is 25.0 Å². The molecular formula is C24H36N4O3. The smallest absolute Gasteiger partial charge is 0.231 e. The van der Waals surface area contributed by atoms with Crippen LogP contribution in [0.15, 0.2) is 23.2 Å². The van der Waals surface area contributed by atoms with E-state index in [4.69, 9.17) is 9.47 Å². The summed E-state index contributed by atoms with van der Waals surface area (Å²) >= 11 is 0. The summed E-state index contributed by atoms with van der Waals surface area (Å²) in [4.78, 5) is 18.6. The molecule has 170 valence electrons. The largest absolute Gasteiger partial charge is 0.454 e. The lowest BCUT2D eigenvalue weighted by Gasteiger charge is -2.40. The van der Waals surface area contributed by atoms with E-state index in [2.05, 4.69) is 38.7 Å². The number of ether oxygens (including phenoxy) is 2. The first kappa shape index (κ1) is 21.8. The molecule has 0 spiro atoms. The minimum absolute atomic E-state index is 0.0900. The maximum Gasteiger partial charge on any atom is 0.231 e. The van der Waals surface area contributed by atoms with E-state index in [0.717, 1.165) is 49.9 Å². The number of hydrogen-bond acceptors (Lipinski definition) is 4. The monoisotopic (exact) mass is 428 g/mol. The van der Waals surface area contributed by atoms with Gasteiger partial charge in [-0.3, -0.25) is 9.79 Å². The molecule has 7 nitrogen and oxygen atoms in total. The van der Waals surface area contributed by atoms with Crippen molar-refractivity contribution in [2.45, 2.75) is 56.8 Å². The Bertz CT molecular complexity index is 796. The van der Waals surface area contributed by atoms with Crippen LogP contribution in [0.5, 0.6) is 11.5 Å². The maximum absolute atomic E-state index is 11.7. The maximum atomic E-state index is 11.7. The van der Waals surface area contributed by atoms with Gasteiger partial charge in [-0.15, -0.1) is 0 Å². The SMILES string of the molecule is CN=C(NCC1(c2ccc3c(c2)OCO3)CCCCC1)N1CCC(CC(=O)NC)CC1. The lowest BCUT2D eigenvalue weighted by molar-refractivity contribution is -0.121. The molecule has 1 aromatic carbocycles. The number of benzene rings is 1. The highest BCUT2D eigenvalue weighted by Gasteiger charge is 2.36. The van der Waals surface area contributed by atoms with Crippen LogP contribution in [0.25, 0.3) is 0 Å². The third-order valence-electron chi connectivity index (χ3n) is 7.26. The number of piperidine rings is 1. The van der Waals surface area contributed by atoms with Crippen LogP contribution in [-0.2, 0) is 10.2 Å². The van der Waals surface area contributed by atoms with Gasteiger partial charge in [0.25, 0.3) is 0 Å². The number of carbonyl (C=O) groups excluding carboxylic acids is 1.